The van der Waals surface area contributed by atoms with Crippen molar-refractivity contribution in [2.24, 2.45) is 11.1 Å². The van der Waals surface area contributed by atoms with Gasteiger partial charge in [0, 0.05) is 19.6 Å². The van der Waals surface area contributed by atoms with Crippen LogP contribution in [0.3, 0.4) is 0 Å². The van der Waals surface area contributed by atoms with Crippen LogP contribution in [0.2, 0.25) is 0 Å². The molecule has 2 rings (SSSR count). The maximum absolute atomic E-state index is 12.1. The van der Waals surface area contributed by atoms with Crippen LogP contribution in [0.4, 0.5) is 0 Å². The molecule has 0 radical (unpaired) electrons. The molecule has 1 saturated carbocycles. The Labute approximate surface area is 131 Å². The lowest BCUT2D eigenvalue weighted by Gasteiger charge is -2.26. The van der Waals surface area contributed by atoms with Crippen molar-refractivity contribution in [3.05, 3.63) is 29.8 Å². The smallest absolute Gasteiger partial charge is 0.238 e. The number of primary sulfonamides is 1. The Morgan fingerprint density at radius 3 is 2.32 bits per heavy atom. The molecule has 1 aromatic rings. The standard InChI is InChI=1S/C15H22N2O4S/c1-21-13-6-4-12(5-7-13)15(18)17-10-11-2-8-14(9-3-11)22(16,19)20/h2-3,8-9,12-13H,4-7,10H2,1H3,(H,17,18)(H2,16,19,20). The maximum Gasteiger partial charge on any atom is 0.238 e. The average molecular weight is 326 g/mol. The van der Waals surface area contributed by atoms with Gasteiger partial charge in [0.15, 0.2) is 0 Å². The van der Waals surface area contributed by atoms with E-state index in [2.05, 4.69) is 5.32 Å². The normalized spacial score (nSPS) is 22.3. The van der Waals surface area contributed by atoms with Gasteiger partial charge >= 0.3 is 0 Å². The number of hydrogen-bond acceptors (Lipinski definition) is 4. The molecule has 1 fully saturated rings. The van der Waals surface area contributed by atoms with Crippen molar-refractivity contribution >= 4 is 15.9 Å². The largest absolute Gasteiger partial charge is 0.381 e. The Bertz CT molecular complexity index is 605. The molecule has 0 aliphatic heterocycles. The Balaban J connectivity index is 1.84. The lowest BCUT2D eigenvalue weighted by molar-refractivity contribution is -0.126. The monoisotopic (exact) mass is 326 g/mol. The Kier molecular flexibility index (Phi) is 5.55. The summed E-state index contributed by atoms with van der Waals surface area (Å²) in [6.07, 6.45) is 3.79. The average Bonchev–Trinajstić information content (AvgIpc) is 2.52. The molecule has 0 heterocycles. The van der Waals surface area contributed by atoms with Gasteiger partial charge in [-0.1, -0.05) is 12.1 Å². The van der Waals surface area contributed by atoms with E-state index in [0.717, 1.165) is 31.2 Å². The molecule has 3 N–H and O–H groups in total. The van der Waals surface area contributed by atoms with Gasteiger partial charge in [0.1, 0.15) is 0 Å². The van der Waals surface area contributed by atoms with Crippen LogP contribution in [-0.4, -0.2) is 27.5 Å². The number of nitrogens with two attached hydrogens (primary N) is 1. The quantitative estimate of drug-likeness (QED) is 0.848. The third-order valence-corrected chi connectivity index (χ3v) is 5.03. The van der Waals surface area contributed by atoms with Crippen molar-refractivity contribution in [1.29, 1.82) is 0 Å². The highest BCUT2D eigenvalue weighted by atomic mass is 32.2. The number of rotatable bonds is 5. The molecule has 1 aliphatic rings. The van der Waals surface area contributed by atoms with Crippen LogP contribution in [0, 0.1) is 5.92 Å². The topological polar surface area (TPSA) is 98.5 Å². The van der Waals surface area contributed by atoms with E-state index in [-0.39, 0.29) is 22.8 Å². The van der Waals surface area contributed by atoms with Gasteiger partial charge in [-0.2, -0.15) is 0 Å². The number of carbonyl (C=O) groups excluding carboxylic acids is 1. The number of amides is 1. The van der Waals surface area contributed by atoms with Gasteiger partial charge < -0.3 is 10.1 Å². The summed E-state index contributed by atoms with van der Waals surface area (Å²) in [5.74, 6) is 0.0835. The number of benzene rings is 1. The van der Waals surface area contributed by atoms with Gasteiger partial charge in [-0.05, 0) is 43.4 Å². The molecule has 122 valence electrons. The van der Waals surface area contributed by atoms with Gasteiger partial charge in [0.2, 0.25) is 15.9 Å². The van der Waals surface area contributed by atoms with E-state index in [0.29, 0.717) is 6.54 Å². The van der Waals surface area contributed by atoms with E-state index in [1.54, 1.807) is 19.2 Å². The maximum atomic E-state index is 12.1. The Morgan fingerprint density at radius 1 is 1.23 bits per heavy atom. The summed E-state index contributed by atoms with van der Waals surface area (Å²) in [4.78, 5) is 12.2. The fourth-order valence-corrected chi connectivity index (χ4v) is 3.21. The fraction of sp³-hybridized carbons (Fsp3) is 0.533. The van der Waals surface area contributed by atoms with Crippen LogP contribution in [0.1, 0.15) is 31.2 Å². The second-order valence-electron chi connectivity index (χ2n) is 5.62. The molecule has 0 atom stereocenters. The van der Waals surface area contributed by atoms with Crippen molar-refractivity contribution in [2.45, 2.75) is 43.2 Å². The second kappa shape index (κ2) is 7.21. The molecular formula is C15H22N2O4S. The van der Waals surface area contributed by atoms with Crippen molar-refractivity contribution in [3.8, 4) is 0 Å². The third-order valence-electron chi connectivity index (χ3n) is 4.10. The zero-order chi connectivity index (χ0) is 16.2. The highest BCUT2D eigenvalue weighted by Gasteiger charge is 2.25. The molecule has 1 amide bonds. The molecule has 22 heavy (non-hydrogen) atoms. The van der Waals surface area contributed by atoms with Crippen molar-refractivity contribution < 1.29 is 17.9 Å². The number of methoxy groups -OCH3 is 1. The number of ether oxygens (including phenoxy) is 1. The van der Waals surface area contributed by atoms with Crippen molar-refractivity contribution in [3.63, 3.8) is 0 Å². The zero-order valence-electron chi connectivity index (χ0n) is 12.6. The molecular weight excluding hydrogens is 304 g/mol. The first-order valence-electron chi connectivity index (χ1n) is 7.32. The van der Waals surface area contributed by atoms with E-state index < -0.39 is 10.0 Å². The molecule has 0 spiro atoms. The fourth-order valence-electron chi connectivity index (χ4n) is 2.69. The lowest BCUT2D eigenvalue weighted by Crippen LogP contribution is -2.34. The molecule has 0 saturated heterocycles. The zero-order valence-corrected chi connectivity index (χ0v) is 13.4. The first-order chi connectivity index (χ1) is 10.4. The summed E-state index contributed by atoms with van der Waals surface area (Å²) in [6.45, 7) is 0.383. The SMILES string of the molecule is COC1CCC(C(=O)NCc2ccc(S(N)(=O)=O)cc2)CC1. The summed E-state index contributed by atoms with van der Waals surface area (Å²) in [5.41, 5.74) is 0.839. The Morgan fingerprint density at radius 2 is 1.82 bits per heavy atom. The predicted octanol–water partition coefficient (Wildman–Crippen LogP) is 1.16. The van der Waals surface area contributed by atoms with Gasteiger partial charge in [0.05, 0.1) is 11.0 Å². The number of hydrogen-bond donors (Lipinski definition) is 2. The first-order valence-corrected chi connectivity index (χ1v) is 8.87. The molecule has 0 unspecified atom stereocenters. The van der Waals surface area contributed by atoms with Crippen LogP contribution < -0.4 is 10.5 Å². The first kappa shape index (κ1) is 16.9. The molecule has 7 heteroatoms. The van der Waals surface area contributed by atoms with Crippen LogP contribution in [0.15, 0.2) is 29.2 Å². The number of sulfonamides is 1. The second-order valence-corrected chi connectivity index (χ2v) is 7.18. The summed E-state index contributed by atoms with van der Waals surface area (Å²) < 4.78 is 27.6. The van der Waals surface area contributed by atoms with E-state index in [4.69, 9.17) is 9.88 Å². The summed E-state index contributed by atoms with van der Waals surface area (Å²) in [7, 11) is -1.97. The third kappa shape index (κ3) is 4.53. The molecule has 0 aromatic heterocycles. The summed E-state index contributed by atoms with van der Waals surface area (Å²) >= 11 is 0. The van der Waals surface area contributed by atoms with Gasteiger partial charge in [-0.3, -0.25) is 4.79 Å². The Hall–Kier alpha value is -1.44. The van der Waals surface area contributed by atoms with Crippen molar-refractivity contribution in [1.82, 2.24) is 5.32 Å². The van der Waals surface area contributed by atoms with Gasteiger partial charge in [-0.15, -0.1) is 0 Å². The van der Waals surface area contributed by atoms with Crippen LogP contribution >= 0.6 is 0 Å². The lowest BCUT2D eigenvalue weighted by atomic mass is 9.87. The van der Waals surface area contributed by atoms with E-state index >= 15 is 0 Å². The van der Waals surface area contributed by atoms with Crippen LogP contribution in [-0.2, 0) is 26.1 Å². The minimum atomic E-state index is -3.67. The highest BCUT2D eigenvalue weighted by Crippen LogP contribution is 2.26. The van der Waals surface area contributed by atoms with E-state index in [9.17, 15) is 13.2 Å². The van der Waals surface area contributed by atoms with E-state index in [1.165, 1.54) is 12.1 Å². The van der Waals surface area contributed by atoms with Crippen LogP contribution in [0.25, 0.3) is 0 Å². The number of carbonyl (C=O) groups is 1. The molecule has 1 aliphatic carbocycles. The molecule has 6 nitrogen and oxygen atoms in total. The minimum absolute atomic E-state index is 0.0371. The molecule has 0 bridgehead atoms. The van der Waals surface area contributed by atoms with E-state index in [1.807, 2.05) is 0 Å². The summed E-state index contributed by atoms with van der Waals surface area (Å²) in [6, 6.07) is 6.20. The van der Waals surface area contributed by atoms with Gasteiger partial charge in [0.25, 0.3) is 0 Å². The van der Waals surface area contributed by atoms with Gasteiger partial charge in [-0.25, -0.2) is 13.6 Å². The van der Waals surface area contributed by atoms with Crippen LogP contribution in [0.5, 0.6) is 0 Å². The van der Waals surface area contributed by atoms with Crippen molar-refractivity contribution in [2.75, 3.05) is 7.11 Å². The predicted molar refractivity (Wildman–Crippen MR) is 82.4 cm³/mol. The number of nitrogens with one attached hydrogen (secondary N) is 1. The summed E-state index contributed by atoms with van der Waals surface area (Å²) in [5, 5.41) is 7.94. The molecule has 1 aromatic carbocycles. The highest BCUT2D eigenvalue weighted by molar-refractivity contribution is 7.89. The minimum Gasteiger partial charge on any atom is -0.381 e.